The molecule has 1 aliphatic heterocycles. The van der Waals surface area contributed by atoms with Gasteiger partial charge in [0.25, 0.3) is 0 Å². The van der Waals surface area contributed by atoms with Crippen LogP contribution < -0.4 is 10.2 Å². The van der Waals surface area contributed by atoms with Crippen molar-refractivity contribution in [2.75, 3.05) is 36.4 Å². The van der Waals surface area contributed by atoms with E-state index in [2.05, 4.69) is 15.2 Å². The van der Waals surface area contributed by atoms with Crippen molar-refractivity contribution < 1.29 is 4.79 Å². The highest BCUT2D eigenvalue weighted by Crippen LogP contribution is 2.23. The van der Waals surface area contributed by atoms with Gasteiger partial charge in [0, 0.05) is 50.9 Å². The van der Waals surface area contributed by atoms with Gasteiger partial charge in [0.05, 0.1) is 12.2 Å². The predicted octanol–water partition coefficient (Wildman–Crippen LogP) is 2.82. The molecule has 7 heteroatoms. The average Bonchev–Trinajstić information content (AvgIpc) is 2.79. The molecule has 1 aliphatic rings. The van der Waals surface area contributed by atoms with Crippen molar-refractivity contribution >= 4 is 17.5 Å². The first kappa shape index (κ1) is 18.9. The van der Waals surface area contributed by atoms with Crippen molar-refractivity contribution in [1.29, 1.82) is 0 Å². The average molecular weight is 388 g/mol. The number of carbonyl (C=O) groups is 1. The van der Waals surface area contributed by atoms with Crippen LogP contribution in [0.25, 0.3) is 11.4 Å². The Morgan fingerprint density at radius 3 is 2.45 bits per heavy atom. The Hall–Kier alpha value is -3.48. The maximum atomic E-state index is 11.6. The maximum absolute atomic E-state index is 11.6. The zero-order chi connectivity index (χ0) is 20.1. The molecule has 1 saturated heterocycles. The van der Waals surface area contributed by atoms with E-state index >= 15 is 0 Å². The number of rotatable bonds is 5. The third kappa shape index (κ3) is 4.68. The number of hydrogen-bond acceptors (Lipinski definition) is 6. The van der Waals surface area contributed by atoms with Crippen LogP contribution in [0.1, 0.15) is 12.6 Å². The Morgan fingerprint density at radius 1 is 1.00 bits per heavy atom. The van der Waals surface area contributed by atoms with Crippen molar-refractivity contribution in [3.05, 3.63) is 66.5 Å². The molecule has 1 amide bonds. The Kier molecular flexibility index (Phi) is 5.65. The van der Waals surface area contributed by atoms with Gasteiger partial charge >= 0.3 is 0 Å². The Labute approximate surface area is 170 Å². The summed E-state index contributed by atoms with van der Waals surface area (Å²) in [5.41, 5.74) is 1.92. The summed E-state index contributed by atoms with van der Waals surface area (Å²) in [4.78, 5) is 29.6. The van der Waals surface area contributed by atoms with Crippen LogP contribution in [0.4, 0.5) is 11.6 Å². The summed E-state index contributed by atoms with van der Waals surface area (Å²) >= 11 is 0. The summed E-state index contributed by atoms with van der Waals surface area (Å²) in [6.07, 6.45) is 1.78. The van der Waals surface area contributed by atoms with Crippen LogP contribution in [0.5, 0.6) is 0 Å². The highest BCUT2D eigenvalue weighted by atomic mass is 16.2. The third-order valence-electron chi connectivity index (χ3n) is 4.97. The zero-order valence-electron chi connectivity index (χ0n) is 16.5. The molecule has 0 spiro atoms. The molecule has 3 aromatic rings. The van der Waals surface area contributed by atoms with Crippen molar-refractivity contribution in [3.8, 4) is 11.4 Å². The quantitative estimate of drug-likeness (QED) is 0.725. The van der Waals surface area contributed by atoms with Gasteiger partial charge in [-0.1, -0.05) is 36.4 Å². The van der Waals surface area contributed by atoms with E-state index in [0.29, 0.717) is 25.5 Å². The largest absolute Gasteiger partial charge is 0.364 e. The minimum Gasteiger partial charge on any atom is -0.364 e. The zero-order valence-corrected chi connectivity index (χ0v) is 16.5. The first-order valence-electron chi connectivity index (χ1n) is 9.78. The molecule has 0 atom stereocenters. The van der Waals surface area contributed by atoms with Crippen molar-refractivity contribution in [2.45, 2.75) is 13.5 Å². The standard InChI is InChI=1S/C22H24N6O/c1-17(29)27-11-13-28(14-12-27)21-15-20(24-16-19-9-5-6-10-23-19)25-22(26-21)18-7-3-2-4-8-18/h2-10,15H,11-14,16H2,1H3,(H,24,25,26). The first-order chi connectivity index (χ1) is 14.2. The molecule has 1 N–H and O–H groups in total. The highest BCUT2D eigenvalue weighted by molar-refractivity contribution is 5.73. The first-order valence-corrected chi connectivity index (χ1v) is 9.78. The van der Waals surface area contributed by atoms with Crippen LogP contribution in [0.15, 0.2) is 60.8 Å². The second kappa shape index (κ2) is 8.68. The lowest BCUT2D eigenvalue weighted by Gasteiger charge is -2.35. The fourth-order valence-corrected chi connectivity index (χ4v) is 3.34. The maximum Gasteiger partial charge on any atom is 0.219 e. The Bertz CT molecular complexity index is 956. The smallest absolute Gasteiger partial charge is 0.219 e. The number of benzene rings is 1. The van der Waals surface area contributed by atoms with Crippen molar-refractivity contribution in [1.82, 2.24) is 19.9 Å². The number of aromatic nitrogens is 3. The van der Waals surface area contributed by atoms with Gasteiger partial charge in [-0.3, -0.25) is 9.78 Å². The fraction of sp³-hybridized carbons (Fsp3) is 0.273. The molecule has 0 radical (unpaired) electrons. The Balaban J connectivity index is 1.59. The van der Waals surface area contributed by atoms with Crippen LogP contribution in [0, 0.1) is 0 Å². The van der Waals surface area contributed by atoms with Gasteiger partial charge < -0.3 is 15.1 Å². The van der Waals surface area contributed by atoms with E-state index < -0.39 is 0 Å². The minimum atomic E-state index is 0.120. The summed E-state index contributed by atoms with van der Waals surface area (Å²) < 4.78 is 0. The summed E-state index contributed by atoms with van der Waals surface area (Å²) in [5.74, 6) is 2.43. The van der Waals surface area contributed by atoms with Crippen LogP contribution in [0.3, 0.4) is 0 Å². The van der Waals surface area contributed by atoms with Crippen molar-refractivity contribution in [2.24, 2.45) is 0 Å². The number of piperazine rings is 1. The molecule has 29 heavy (non-hydrogen) atoms. The number of hydrogen-bond donors (Lipinski definition) is 1. The summed E-state index contributed by atoms with van der Waals surface area (Å²) in [7, 11) is 0. The lowest BCUT2D eigenvalue weighted by atomic mass is 10.2. The van der Waals surface area contributed by atoms with E-state index in [1.807, 2.05) is 59.5 Å². The summed E-state index contributed by atoms with van der Waals surface area (Å²) in [6.45, 7) is 5.12. The van der Waals surface area contributed by atoms with E-state index in [-0.39, 0.29) is 5.91 Å². The van der Waals surface area contributed by atoms with Crippen LogP contribution in [-0.2, 0) is 11.3 Å². The summed E-state index contributed by atoms with van der Waals surface area (Å²) in [6, 6.07) is 17.8. The predicted molar refractivity (Wildman–Crippen MR) is 113 cm³/mol. The Morgan fingerprint density at radius 2 is 1.76 bits per heavy atom. The van der Waals surface area contributed by atoms with E-state index in [0.717, 1.165) is 36.0 Å². The normalized spacial score (nSPS) is 14.0. The molecule has 148 valence electrons. The van der Waals surface area contributed by atoms with Crippen LogP contribution in [-0.4, -0.2) is 51.9 Å². The molecule has 4 rings (SSSR count). The fourth-order valence-electron chi connectivity index (χ4n) is 3.34. The number of amides is 1. The van der Waals surface area contributed by atoms with Gasteiger partial charge in [0.15, 0.2) is 5.82 Å². The third-order valence-corrected chi connectivity index (χ3v) is 4.97. The van der Waals surface area contributed by atoms with E-state index in [1.54, 1.807) is 13.1 Å². The van der Waals surface area contributed by atoms with Crippen LogP contribution in [0.2, 0.25) is 0 Å². The SMILES string of the molecule is CC(=O)N1CCN(c2cc(NCc3ccccn3)nc(-c3ccccc3)n2)CC1. The van der Waals surface area contributed by atoms with Crippen LogP contribution >= 0.6 is 0 Å². The van der Waals surface area contributed by atoms with Gasteiger partial charge in [-0.2, -0.15) is 0 Å². The lowest BCUT2D eigenvalue weighted by molar-refractivity contribution is -0.129. The molecule has 0 saturated carbocycles. The number of anilines is 2. The van der Waals surface area contributed by atoms with Crippen molar-refractivity contribution in [3.63, 3.8) is 0 Å². The molecule has 0 aliphatic carbocycles. The second-order valence-electron chi connectivity index (χ2n) is 6.97. The molecule has 0 unspecified atom stereocenters. The number of pyridine rings is 1. The molecule has 7 nitrogen and oxygen atoms in total. The number of carbonyl (C=O) groups excluding carboxylic acids is 1. The topological polar surface area (TPSA) is 74.2 Å². The number of nitrogens with one attached hydrogen (secondary N) is 1. The monoisotopic (exact) mass is 388 g/mol. The molecule has 1 fully saturated rings. The molecule has 3 heterocycles. The lowest BCUT2D eigenvalue weighted by Crippen LogP contribution is -2.48. The number of nitrogens with zero attached hydrogens (tertiary/aromatic N) is 5. The molecule has 0 bridgehead atoms. The second-order valence-corrected chi connectivity index (χ2v) is 6.97. The van der Waals surface area contributed by atoms with E-state index in [1.165, 1.54) is 0 Å². The molecular weight excluding hydrogens is 364 g/mol. The van der Waals surface area contributed by atoms with E-state index in [4.69, 9.17) is 9.97 Å². The summed E-state index contributed by atoms with van der Waals surface area (Å²) in [5, 5.41) is 3.37. The highest BCUT2D eigenvalue weighted by Gasteiger charge is 2.21. The minimum absolute atomic E-state index is 0.120. The van der Waals surface area contributed by atoms with Gasteiger partial charge in [0.1, 0.15) is 11.6 Å². The molecule has 2 aromatic heterocycles. The molecule has 1 aromatic carbocycles. The van der Waals surface area contributed by atoms with Gasteiger partial charge in [-0.15, -0.1) is 0 Å². The van der Waals surface area contributed by atoms with E-state index in [9.17, 15) is 4.79 Å². The van der Waals surface area contributed by atoms with Gasteiger partial charge in [-0.25, -0.2) is 9.97 Å². The van der Waals surface area contributed by atoms with Gasteiger partial charge in [-0.05, 0) is 12.1 Å². The molecular formula is C22H24N6O. The van der Waals surface area contributed by atoms with Gasteiger partial charge in [0.2, 0.25) is 5.91 Å².